The molecule has 0 saturated heterocycles. The van der Waals surface area contributed by atoms with Crippen LogP contribution in [0, 0.1) is 6.92 Å². The Kier molecular flexibility index (Phi) is 2.63. The van der Waals surface area contributed by atoms with Crippen molar-refractivity contribution in [3.63, 3.8) is 0 Å². The van der Waals surface area contributed by atoms with Gasteiger partial charge in [-0.25, -0.2) is 0 Å². The van der Waals surface area contributed by atoms with Crippen LogP contribution in [0.1, 0.15) is 45.7 Å². The second-order valence-corrected chi connectivity index (χ2v) is 7.39. The fraction of sp³-hybridized carbons (Fsp3) is 0.400. The summed E-state index contributed by atoms with van der Waals surface area (Å²) in [5.41, 5.74) is 5.66. The van der Waals surface area contributed by atoms with Crippen LogP contribution >= 0.6 is 0 Å². The van der Waals surface area contributed by atoms with Crippen LogP contribution in [0.4, 0.5) is 0 Å². The number of aryl methyl sites for hydroxylation is 2. The van der Waals surface area contributed by atoms with Crippen LogP contribution in [0.15, 0.2) is 18.2 Å². The molecule has 5 rings (SSSR count). The number of phenolic OH excluding ortho intramolecular Hbond substituents is 2. The summed E-state index contributed by atoms with van der Waals surface area (Å²) in [6.45, 7) is 1.81. The molecule has 2 atom stereocenters. The largest absolute Gasteiger partial charge is 0.507 e. The van der Waals surface area contributed by atoms with Crippen LogP contribution in [-0.4, -0.2) is 21.1 Å². The first kappa shape index (κ1) is 14.2. The Morgan fingerprint density at radius 1 is 1.08 bits per heavy atom. The number of hydrogen-bond donors (Lipinski definition) is 3. The van der Waals surface area contributed by atoms with Crippen molar-refractivity contribution in [3.05, 3.63) is 51.6 Å². The lowest BCUT2D eigenvalue weighted by Crippen LogP contribution is -2.44. The zero-order valence-corrected chi connectivity index (χ0v) is 13.6. The first-order valence-corrected chi connectivity index (χ1v) is 8.57. The Morgan fingerprint density at radius 2 is 1.92 bits per heavy atom. The number of rotatable bonds is 0. The van der Waals surface area contributed by atoms with E-state index in [2.05, 4.69) is 6.07 Å². The lowest BCUT2D eigenvalue weighted by molar-refractivity contribution is -0.156. The van der Waals surface area contributed by atoms with Gasteiger partial charge in [0.2, 0.25) is 5.79 Å². The van der Waals surface area contributed by atoms with Crippen LogP contribution in [0.25, 0.3) is 0 Å². The highest BCUT2D eigenvalue weighted by atomic mass is 16.6. The molecule has 24 heavy (non-hydrogen) atoms. The van der Waals surface area contributed by atoms with E-state index in [1.807, 2.05) is 19.1 Å². The third-order valence-corrected chi connectivity index (χ3v) is 5.95. The quantitative estimate of drug-likeness (QED) is 0.697. The molecule has 4 heteroatoms. The molecule has 3 aliphatic rings. The molecule has 2 aromatic carbocycles. The molecule has 1 heterocycles. The van der Waals surface area contributed by atoms with Crippen molar-refractivity contribution in [1.29, 1.82) is 0 Å². The van der Waals surface area contributed by atoms with E-state index in [9.17, 15) is 15.3 Å². The fourth-order valence-corrected chi connectivity index (χ4v) is 4.71. The highest BCUT2D eigenvalue weighted by Crippen LogP contribution is 2.55. The molecule has 0 spiro atoms. The fourth-order valence-electron chi connectivity index (χ4n) is 4.71. The van der Waals surface area contributed by atoms with Crippen LogP contribution in [0.5, 0.6) is 17.2 Å². The van der Waals surface area contributed by atoms with Crippen molar-refractivity contribution >= 4 is 0 Å². The number of phenols is 2. The van der Waals surface area contributed by atoms with Gasteiger partial charge in [0.05, 0.1) is 5.92 Å². The van der Waals surface area contributed by atoms with Crippen molar-refractivity contribution in [2.75, 3.05) is 0 Å². The minimum atomic E-state index is -1.40. The van der Waals surface area contributed by atoms with Crippen molar-refractivity contribution < 1.29 is 20.1 Å². The molecule has 2 aromatic rings. The van der Waals surface area contributed by atoms with E-state index in [4.69, 9.17) is 4.74 Å². The Hall–Kier alpha value is -2.20. The second kappa shape index (κ2) is 4.45. The van der Waals surface area contributed by atoms with Gasteiger partial charge in [-0.05, 0) is 60.4 Å². The number of aromatic hydroxyl groups is 2. The zero-order valence-electron chi connectivity index (χ0n) is 13.6. The average Bonchev–Trinajstić information content (AvgIpc) is 3.11. The Labute approximate surface area is 140 Å². The van der Waals surface area contributed by atoms with E-state index in [-0.39, 0.29) is 11.7 Å². The molecule has 0 saturated carbocycles. The topological polar surface area (TPSA) is 69.9 Å². The van der Waals surface area contributed by atoms with Crippen molar-refractivity contribution in [3.8, 4) is 17.2 Å². The van der Waals surface area contributed by atoms with Gasteiger partial charge in [-0.3, -0.25) is 0 Å². The summed E-state index contributed by atoms with van der Waals surface area (Å²) in [5.74, 6) is -0.861. The maximum absolute atomic E-state index is 11.1. The highest BCUT2D eigenvalue weighted by molar-refractivity contribution is 5.60. The summed E-state index contributed by atoms with van der Waals surface area (Å²) in [4.78, 5) is 0. The maximum atomic E-state index is 11.1. The van der Waals surface area contributed by atoms with Crippen LogP contribution < -0.4 is 4.74 Å². The van der Waals surface area contributed by atoms with Gasteiger partial charge in [0, 0.05) is 12.0 Å². The molecule has 0 amide bonds. The first-order valence-electron chi connectivity index (χ1n) is 8.57. The van der Waals surface area contributed by atoms with Crippen LogP contribution in [0.2, 0.25) is 0 Å². The normalized spacial score (nSPS) is 26.3. The predicted molar refractivity (Wildman–Crippen MR) is 88.7 cm³/mol. The predicted octanol–water partition coefficient (Wildman–Crippen LogP) is 2.86. The van der Waals surface area contributed by atoms with E-state index in [1.165, 1.54) is 5.56 Å². The monoisotopic (exact) mass is 324 g/mol. The zero-order chi connectivity index (χ0) is 16.6. The van der Waals surface area contributed by atoms with Gasteiger partial charge in [0.25, 0.3) is 0 Å². The molecule has 124 valence electrons. The number of fused-ring (bicyclic) bond motifs is 5. The molecule has 0 aromatic heterocycles. The van der Waals surface area contributed by atoms with Gasteiger partial charge in [0.1, 0.15) is 5.75 Å². The Bertz CT molecular complexity index is 886. The van der Waals surface area contributed by atoms with Crippen LogP contribution in [-0.2, 0) is 25.7 Å². The molecule has 2 unspecified atom stereocenters. The molecule has 1 aliphatic heterocycles. The molecule has 0 bridgehead atoms. The van der Waals surface area contributed by atoms with Gasteiger partial charge in [-0.2, -0.15) is 0 Å². The summed E-state index contributed by atoms with van der Waals surface area (Å²) < 4.78 is 5.92. The Morgan fingerprint density at radius 3 is 2.75 bits per heavy atom. The van der Waals surface area contributed by atoms with Gasteiger partial charge in [-0.15, -0.1) is 0 Å². The smallest absolute Gasteiger partial charge is 0.219 e. The summed E-state index contributed by atoms with van der Waals surface area (Å²) in [7, 11) is 0. The molecule has 3 N–H and O–H groups in total. The first-order chi connectivity index (χ1) is 11.5. The van der Waals surface area contributed by atoms with Crippen molar-refractivity contribution in [2.24, 2.45) is 0 Å². The minimum absolute atomic E-state index is 0.0991. The molecular formula is C20H20O4. The molecule has 4 nitrogen and oxygen atoms in total. The van der Waals surface area contributed by atoms with Gasteiger partial charge in [-0.1, -0.05) is 18.2 Å². The van der Waals surface area contributed by atoms with Gasteiger partial charge < -0.3 is 20.1 Å². The lowest BCUT2D eigenvalue weighted by Gasteiger charge is -2.37. The third kappa shape index (κ3) is 1.67. The van der Waals surface area contributed by atoms with Crippen molar-refractivity contribution in [2.45, 2.75) is 50.7 Å². The van der Waals surface area contributed by atoms with E-state index in [0.717, 1.165) is 47.1 Å². The van der Waals surface area contributed by atoms with Gasteiger partial charge in [0.15, 0.2) is 11.5 Å². The second-order valence-electron chi connectivity index (χ2n) is 7.39. The number of hydrogen-bond acceptors (Lipinski definition) is 4. The molecule has 0 fully saturated rings. The summed E-state index contributed by atoms with van der Waals surface area (Å²) in [5, 5.41) is 32.3. The lowest BCUT2D eigenvalue weighted by atomic mass is 9.85. The van der Waals surface area contributed by atoms with Gasteiger partial charge >= 0.3 is 0 Å². The average molecular weight is 324 g/mol. The third-order valence-electron chi connectivity index (χ3n) is 5.95. The SMILES string of the molecule is Cc1ccc2c(c1O)OC1(O)Cc3cc4c(c(O)c3C1C2)CCC4. The number of aliphatic hydroxyl groups is 1. The van der Waals surface area contributed by atoms with E-state index in [1.54, 1.807) is 0 Å². The van der Waals surface area contributed by atoms with E-state index < -0.39 is 5.79 Å². The van der Waals surface area contributed by atoms with Crippen LogP contribution in [0.3, 0.4) is 0 Å². The minimum Gasteiger partial charge on any atom is -0.507 e. The molecule has 0 radical (unpaired) electrons. The summed E-state index contributed by atoms with van der Waals surface area (Å²) in [6, 6.07) is 5.93. The Balaban J connectivity index is 1.67. The highest BCUT2D eigenvalue weighted by Gasteiger charge is 2.52. The summed E-state index contributed by atoms with van der Waals surface area (Å²) in [6.07, 6.45) is 3.87. The molecular weight excluding hydrogens is 304 g/mol. The number of ether oxygens (including phenoxy) is 1. The maximum Gasteiger partial charge on any atom is 0.219 e. The molecule has 2 aliphatic carbocycles. The standard InChI is InChI=1S/C20H20O4/c1-10-5-6-12-8-15-16-13(7-11-3-2-4-14(11)18(16)22)9-20(15,23)24-19(12)17(10)21/h5-7,15,21-23H,2-4,8-9H2,1H3. The number of benzene rings is 2. The van der Waals surface area contributed by atoms with E-state index >= 15 is 0 Å². The summed E-state index contributed by atoms with van der Waals surface area (Å²) >= 11 is 0. The van der Waals surface area contributed by atoms with Crippen molar-refractivity contribution in [1.82, 2.24) is 0 Å². The van der Waals surface area contributed by atoms with E-state index in [0.29, 0.717) is 24.3 Å².